The van der Waals surface area contributed by atoms with Gasteiger partial charge in [-0.05, 0) is 35.4 Å². The second-order valence-corrected chi connectivity index (χ2v) is 6.03. The quantitative estimate of drug-likeness (QED) is 0.516. The zero-order chi connectivity index (χ0) is 21.4. The second kappa shape index (κ2) is 11.9. The van der Waals surface area contributed by atoms with E-state index in [0.29, 0.717) is 28.7 Å². The summed E-state index contributed by atoms with van der Waals surface area (Å²) in [4.78, 5) is 12.0. The van der Waals surface area contributed by atoms with Gasteiger partial charge >= 0.3 is 0 Å². The van der Waals surface area contributed by atoms with Crippen LogP contribution in [0.5, 0.6) is 23.0 Å². The molecule has 1 atom stereocenters. The highest BCUT2D eigenvalue weighted by Gasteiger charge is 2.15. The number of halogens is 1. The van der Waals surface area contributed by atoms with Gasteiger partial charge in [-0.25, -0.2) is 0 Å². The molecule has 8 nitrogen and oxygen atoms in total. The standard InChI is InChI=1S/C21H26N2O6.ClH/c1-26-17-8-7-13(9-16(17)23-21(25)15(22)12-24)5-6-14-10-18(27-2)20(29-4)19(11-14)28-3;/h5-11,15,24H,12,22H2,1-4H3,(H,23,25);1H/b6-5+;/t15-;/m0./s1. The van der Waals surface area contributed by atoms with Gasteiger partial charge in [-0.3, -0.25) is 4.79 Å². The molecule has 4 N–H and O–H groups in total. The van der Waals surface area contributed by atoms with E-state index in [1.54, 1.807) is 33.5 Å². The lowest BCUT2D eigenvalue weighted by molar-refractivity contribution is -0.118. The maximum atomic E-state index is 12.0. The second-order valence-electron chi connectivity index (χ2n) is 6.03. The minimum absolute atomic E-state index is 0. The molecule has 0 fully saturated rings. The van der Waals surface area contributed by atoms with E-state index in [0.717, 1.165) is 11.1 Å². The fraction of sp³-hybridized carbons (Fsp3) is 0.286. The number of hydrogen-bond donors (Lipinski definition) is 3. The zero-order valence-corrected chi connectivity index (χ0v) is 18.1. The molecule has 0 radical (unpaired) electrons. The molecule has 0 saturated heterocycles. The fourth-order valence-corrected chi connectivity index (χ4v) is 2.63. The smallest absolute Gasteiger partial charge is 0.243 e. The van der Waals surface area contributed by atoms with E-state index in [2.05, 4.69) is 5.32 Å². The Labute approximate surface area is 182 Å². The van der Waals surface area contributed by atoms with E-state index in [-0.39, 0.29) is 12.4 Å². The number of nitrogens with one attached hydrogen (secondary N) is 1. The number of aliphatic hydroxyl groups is 1. The first kappa shape index (κ1) is 25.1. The third-order valence-electron chi connectivity index (χ3n) is 4.17. The molecule has 164 valence electrons. The minimum atomic E-state index is -1.02. The van der Waals surface area contributed by atoms with E-state index in [1.165, 1.54) is 7.11 Å². The first-order valence-corrected chi connectivity index (χ1v) is 8.80. The van der Waals surface area contributed by atoms with Gasteiger partial charge in [0.2, 0.25) is 11.7 Å². The van der Waals surface area contributed by atoms with E-state index in [4.69, 9.17) is 29.8 Å². The largest absolute Gasteiger partial charge is 0.495 e. The summed E-state index contributed by atoms with van der Waals surface area (Å²) in [6.07, 6.45) is 3.74. The lowest BCUT2D eigenvalue weighted by Gasteiger charge is -2.14. The predicted molar refractivity (Wildman–Crippen MR) is 119 cm³/mol. The molecule has 1 amide bonds. The Bertz CT molecular complexity index is 863. The molecule has 0 spiro atoms. The fourth-order valence-electron chi connectivity index (χ4n) is 2.63. The van der Waals surface area contributed by atoms with Crippen molar-refractivity contribution in [2.24, 2.45) is 5.73 Å². The highest BCUT2D eigenvalue weighted by atomic mass is 35.5. The van der Waals surface area contributed by atoms with Crippen molar-refractivity contribution < 1.29 is 28.8 Å². The highest BCUT2D eigenvalue weighted by Crippen LogP contribution is 2.38. The average molecular weight is 439 g/mol. The predicted octanol–water partition coefficient (Wildman–Crippen LogP) is 2.57. The normalized spacial score (nSPS) is 11.4. The highest BCUT2D eigenvalue weighted by molar-refractivity contribution is 5.96. The first-order chi connectivity index (χ1) is 14.0. The average Bonchev–Trinajstić information content (AvgIpc) is 2.76. The Kier molecular flexibility index (Phi) is 9.97. The number of methoxy groups -OCH3 is 4. The third kappa shape index (κ3) is 6.03. The molecule has 30 heavy (non-hydrogen) atoms. The summed E-state index contributed by atoms with van der Waals surface area (Å²) in [7, 11) is 6.16. The van der Waals surface area contributed by atoms with E-state index < -0.39 is 18.6 Å². The van der Waals surface area contributed by atoms with Crippen LogP contribution in [0, 0.1) is 0 Å². The molecule has 0 aliphatic rings. The molecular formula is C21H27ClN2O6. The molecule has 0 heterocycles. The molecule has 0 unspecified atom stereocenters. The van der Waals surface area contributed by atoms with Gasteiger partial charge in [-0.1, -0.05) is 18.2 Å². The van der Waals surface area contributed by atoms with Gasteiger partial charge in [0, 0.05) is 0 Å². The van der Waals surface area contributed by atoms with Crippen LogP contribution in [0.2, 0.25) is 0 Å². The topological polar surface area (TPSA) is 112 Å². The minimum Gasteiger partial charge on any atom is -0.495 e. The summed E-state index contributed by atoms with van der Waals surface area (Å²) in [5.74, 6) is 1.59. The molecule has 2 rings (SSSR count). The number of ether oxygens (including phenoxy) is 4. The first-order valence-electron chi connectivity index (χ1n) is 8.80. The van der Waals surface area contributed by atoms with Crippen LogP contribution in [0.15, 0.2) is 30.3 Å². The lowest BCUT2D eigenvalue weighted by Crippen LogP contribution is -2.38. The summed E-state index contributed by atoms with van der Waals surface area (Å²) >= 11 is 0. The number of hydrogen-bond acceptors (Lipinski definition) is 7. The van der Waals surface area contributed by atoms with E-state index >= 15 is 0 Å². The van der Waals surface area contributed by atoms with Crippen LogP contribution < -0.4 is 30.0 Å². The summed E-state index contributed by atoms with van der Waals surface area (Å²) in [5.41, 5.74) is 7.66. The number of nitrogens with two attached hydrogens (primary N) is 1. The Morgan fingerprint density at radius 2 is 1.53 bits per heavy atom. The third-order valence-corrected chi connectivity index (χ3v) is 4.17. The lowest BCUT2D eigenvalue weighted by atomic mass is 10.1. The zero-order valence-electron chi connectivity index (χ0n) is 17.3. The maximum Gasteiger partial charge on any atom is 0.243 e. The van der Waals surface area contributed by atoms with Gasteiger partial charge in [0.1, 0.15) is 11.8 Å². The van der Waals surface area contributed by atoms with Crippen molar-refractivity contribution in [2.75, 3.05) is 40.4 Å². The van der Waals surface area contributed by atoms with Crippen LogP contribution in [0.1, 0.15) is 11.1 Å². The maximum absolute atomic E-state index is 12.0. The molecule has 0 aliphatic heterocycles. The molecular weight excluding hydrogens is 412 g/mol. The van der Waals surface area contributed by atoms with Crippen LogP contribution in [-0.4, -0.2) is 52.1 Å². The van der Waals surface area contributed by atoms with Gasteiger partial charge in [0.25, 0.3) is 0 Å². The van der Waals surface area contributed by atoms with E-state index in [1.807, 2.05) is 30.4 Å². The summed E-state index contributed by atoms with van der Waals surface area (Å²) < 4.78 is 21.3. The van der Waals surface area contributed by atoms with Crippen molar-refractivity contribution in [3.63, 3.8) is 0 Å². The van der Waals surface area contributed by atoms with Crippen molar-refractivity contribution in [3.8, 4) is 23.0 Å². The SMILES string of the molecule is COc1ccc(/C=C/c2cc(OC)c(OC)c(OC)c2)cc1NC(=O)[C@@H](N)CO.Cl. The number of carbonyl (C=O) groups excluding carboxylic acids is 1. The molecule has 0 saturated carbocycles. The number of rotatable bonds is 9. The Hall–Kier alpha value is -2.94. The van der Waals surface area contributed by atoms with Crippen LogP contribution in [0.25, 0.3) is 12.2 Å². The Balaban J connectivity index is 0.00000450. The molecule has 2 aromatic rings. The van der Waals surface area contributed by atoms with E-state index in [9.17, 15) is 4.79 Å². The Morgan fingerprint density at radius 1 is 0.967 bits per heavy atom. The summed E-state index contributed by atoms with van der Waals surface area (Å²) in [5, 5.41) is 11.7. The monoisotopic (exact) mass is 438 g/mol. The van der Waals surface area contributed by atoms with Gasteiger partial charge in [-0.15, -0.1) is 12.4 Å². The van der Waals surface area contributed by atoms with Crippen molar-refractivity contribution >= 4 is 36.2 Å². The molecule has 0 aromatic heterocycles. The molecule has 9 heteroatoms. The van der Waals surface area contributed by atoms with Gasteiger partial charge < -0.3 is 35.1 Å². The molecule has 0 bridgehead atoms. The van der Waals surface area contributed by atoms with Gasteiger partial charge in [-0.2, -0.15) is 0 Å². The van der Waals surface area contributed by atoms with Crippen LogP contribution >= 0.6 is 12.4 Å². The summed E-state index contributed by atoms with van der Waals surface area (Å²) in [6, 6.07) is 7.95. The molecule has 2 aromatic carbocycles. The molecule has 0 aliphatic carbocycles. The van der Waals surface area contributed by atoms with Crippen molar-refractivity contribution in [3.05, 3.63) is 41.5 Å². The Morgan fingerprint density at radius 3 is 2.03 bits per heavy atom. The van der Waals surface area contributed by atoms with Crippen LogP contribution in [0.4, 0.5) is 5.69 Å². The van der Waals surface area contributed by atoms with Crippen LogP contribution in [0.3, 0.4) is 0 Å². The number of benzene rings is 2. The number of anilines is 1. The van der Waals surface area contributed by atoms with Gasteiger partial charge in [0.05, 0.1) is 40.7 Å². The number of amides is 1. The van der Waals surface area contributed by atoms with Crippen molar-refractivity contribution in [2.45, 2.75) is 6.04 Å². The van der Waals surface area contributed by atoms with Crippen LogP contribution in [-0.2, 0) is 4.79 Å². The number of aliphatic hydroxyl groups excluding tert-OH is 1. The van der Waals surface area contributed by atoms with Gasteiger partial charge in [0.15, 0.2) is 11.5 Å². The summed E-state index contributed by atoms with van der Waals surface area (Å²) in [6.45, 7) is -0.450. The van der Waals surface area contributed by atoms with Crippen molar-refractivity contribution in [1.82, 2.24) is 0 Å². The number of carbonyl (C=O) groups is 1. The van der Waals surface area contributed by atoms with Crippen molar-refractivity contribution in [1.29, 1.82) is 0 Å².